The van der Waals surface area contributed by atoms with Crippen LogP contribution in [0.1, 0.15) is 24.2 Å². The molecule has 2 rings (SSSR count). The highest BCUT2D eigenvalue weighted by Crippen LogP contribution is 2.12. The van der Waals surface area contributed by atoms with Gasteiger partial charge in [-0.25, -0.2) is 0 Å². The second-order valence-electron chi connectivity index (χ2n) is 3.95. The zero-order chi connectivity index (χ0) is 12.1. The Labute approximate surface area is 101 Å². The van der Waals surface area contributed by atoms with E-state index >= 15 is 0 Å². The Morgan fingerprint density at radius 3 is 2.47 bits per heavy atom. The fraction of sp³-hybridized carbons (Fsp3) is 0.385. The van der Waals surface area contributed by atoms with Gasteiger partial charge in [0.05, 0.1) is 25.9 Å². The first-order valence-corrected chi connectivity index (χ1v) is 5.84. The third-order valence-electron chi connectivity index (χ3n) is 2.70. The topological polar surface area (TPSA) is 55.5 Å². The average Bonchev–Trinajstić information content (AvgIpc) is 2.99. The van der Waals surface area contributed by atoms with Crippen LogP contribution in [0.4, 0.5) is 0 Å². The van der Waals surface area contributed by atoms with Gasteiger partial charge in [-0.1, -0.05) is 6.92 Å². The molecule has 0 aliphatic rings. The van der Waals surface area contributed by atoms with Crippen molar-refractivity contribution in [3.8, 4) is 0 Å². The highest BCUT2D eigenvalue weighted by atomic mass is 16.3. The lowest BCUT2D eigenvalue weighted by atomic mass is 10.3. The van der Waals surface area contributed by atoms with Gasteiger partial charge in [0.15, 0.2) is 0 Å². The largest absolute Gasteiger partial charge is 0.468 e. The zero-order valence-electron chi connectivity index (χ0n) is 10.1. The van der Waals surface area contributed by atoms with Crippen molar-refractivity contribution in [3.63, 3.8) is 0 Å². The smallest absolute Gasteiger partial charge is 0.118 e. The average molecular weight is 234 g/mol. The zero-order valence-corrected chi connectivity index (χ0v) is 10.1. The van der Waals surface area contributed by atoms with Gasteiger partial charge in [0, 0.05) is 0 Å². The molecule has 0 amide bonds. The quantitative estimate of drug-likeness (QED) is 0.833. The van der Waals surface area contributed by atoms with Crippen LogP contribution < -0.4 is 5.73 Å². The van der Waals surface area contributed by atoms with Crippen molar-refractivity contribution in [2.75, 3.05) is 6.54 Å². The summed E-state index contributed by atoms with van der Waals surface area (Å²) in [5.74, 6) is 2.74. The second kappa shape index (κ2) is 5.70. The Hall–Kier alpha value is -1.52. The fourth-order valence-corrected chi connectivity index (χ4v) is 1.74. The molecule has 92 valence electrons. The SMILES string of the molecule is CCN(Cc1ccco1)Cc1ccc(CN)o1. The first-order valence-electron chi connectivity index (χ1n) is 5.84. The Morgan fingerprint density at radius 1 is 1.12 bits per heavy atom. The molecule has 0 bridgehead atoms. The predicted octanol–water partition coefficient (Wildman–Crippen LogP) is 2.35. The van der Waals surface area contributed by atoms with Crippen LogP contribution in [0.3, 0.4) is 0 Å². The molecule has 2 N–H and O–H groups in total. The molecule has 0 spiro atoms. The summed E-state index contributed by atoms with van der Waals surface area (Å²) in [7, 11) is 0. The molecule has 4 heteroatoms. The van der Waals surface area contributed by atoms with Crippen LogP contribution in [-0.4, -0.2) is 11.4 Å². The van der Waals surface area contributed by atoms with Crippen LogP contribution in [-0.2, 0) is 19.6 Å². The summed E-state index contributed by atoms with van der Waals surface area (Å²) in [6.45, 7) is 5.08. The molecule has 2 aromatic heterocycles. The molecule has 0 saturated carbocycles. The van der Waals surface area contributed by atoms with Crippen molar-refractivity contribution in [2.45, 2.75) is 26.6 Å². The van der Waals surface area contributed by atoms with E-state index in [1.54, 1.807) is 6.26 Å². The predicted molar refractivity (Wildman–Crippen MR) is 65.1 cm³/mol. The maximum atomic E-state index is 5.59. The number of nitrogens with two attached hydrogens (primary N) is 1. The molecule has 2 aromatic rings. The van der Waals surface area contributed by atoms with E-state index in [1.165, 1.54) is 0 Å². The molecule has 2 heterocycles. The second-order valence-corrected chi connectivity index (χ2v) is 3.95. The molecule has 17 heavy (non-hydrogen) atoms. The van der Waals surface area contributed by atoms with Crippen LogP contribution in [0.5, 0.6) is 0 Å². The van der Waals surface area contributed by atoms with Crippen molar-refractivity contribution in [2.24, 2.45) is 5.73 Å². The molecule has 0 atom stereocenters. The molecular formula is C13H18N2O2. The Morgan fingerprint density at radius 2 is 1.88 bits per heavy atom. The summed E-state index contributed by atoms with van der Waals surface area (Å²) in [5.41, 5.74) is 5.51. The van der Waals surface area contributed by atoms with Crippen molar-refractivity contribution in [3.05, 3.63) is 47.8 Å². The van der Waals surface area contributed by atoms with Crippen molar-refractivity contribution in [1.29, 1.82) is 0 Å². The van der Waals surface area contributed by atoms with E-state index in [4.69, 9.17) is 14.6 Å². The van der Waals surface area contributed by atoms with Gasteiger partial charge in [-0.3, -0.25) is 4.90 Å². The summed E-state index contributed by atoms with van der Waals surface area (Å²) < 4.78 is 10.9. The normalized spacial score (nSPS) is 11.2. The standard InChI is InChI=1S/C13H18N2O2/c1-2-15(9-12-4-3-7-16-12)10-13-6-5-11(8-14)17-13/h3-7H,2,8-10,14H2,1H3. The first kappa shape index (κ1) is 12.0. The van der Waals surface area contributed by atoms with Gasteiger partial charge < -0.3 is 14.6 Å². The third-order valence-corrected chi connectivity index (χ3v) is 2.70. The Kier molecular flexibility index (Phi) is 4.01. The lowest BCUT2D eigenvalue weighted by Gasteiger charge is -2.17. The summed E-state index contributed by atoms with van der Waals surface area (Å²) >= 11 is 0. The van der Waals surface area contributed by atoms with E-state index in [0.717, 1.165) is 36.9 Å². The van der Waals surface area contributed by atoms with Crippen LogP contribution in [0.25, 0.3) is 0 Å². The van der Waals surface area contributed by atoms with Gasteiger partial charge >= 0.3 is 0 Å². The van der Waals surface area contributed by atoms with Crippen molar-refractivity contribution in [1.82, 2.24) is 4.90 Å². The van der Waals surface area contributed by atoms with Gasteiger partial charge in [-0.15, -0.1) is 0 Å². The van der Waals surface area contributed by atoms with Crippen molar-refractivity contribution < 1.29 is 8.83 Å². The number of furan rings is 2. The minimum atomic E-state index is 0.449. The molecule has 0 aliphatic carbocycles. The van der Waals surface area contributed by atoms with Gasteiger partial charge in [0.2, 0.25) is 0 Å². The van der Waals surface area contributed by atoms with Crippen LogP contribution in [0.2, 0.25) is 0 Å². The Bertz CT molecular complexity index is 434. The molecule has 4 nitrogen and oxygen atoms in total. The van der Waals surface area contributed by atoms with Gasteiger partial charge in [0.25, 0.3) is 0 Å². The molecule has 0 aromatic carbocycles. The van der Waals surface area contributed by atoms with Crippen LogP contribution in [0.15, 0.2) is 39.4 Å². The van der Waals surface area contributed by atoms with Crippen molar-refractivity contribution >= 4 is 0 Å². The minimum Gasteiger partial charge on any atom is -0.468 e. The molecular weight excluding hydrogens is 216 g/mol. The number of hydrogen-bond acceptors (Lipinski definition) is 4. The lowest BCUT2D eigenvalue weighted by Crippen LogP contribution is -2.21. The van der Waals surface area contributed by atoms with E-state index in [9.17, 15) is 0 Å². The number of nitrogens with zero attached hydrogens (tertiary/aromatic N) is 1. The maximum Gasteiger partial charge on any atom is 0.118 e. The van der Waals surface area contributed by atoms with E-state index in [2.05, 4.69) is 11.8 Å². The van der Waals surface area contributed by atoms with Gasteiger partial charge in [-0.05, 0) is 30.8 Å². The van der Waals surface area contributed by atoms with E-state index in [1.807, 2.05) is 24.3 Å². The minimum absolute atomic E-state index is 0.449. The lowest BCUT2D eigenvalue weighted by molar-refractivity contribution is 0.227. The molecule has 0 unspecified atom stereocenters. The molecule has 0 aliphatic heterocycles. The first-order chi connectivity index (χ1) is 8.31. The highest BCUT2D eigenvalue weighted by Gasteiger charge is 2.09. The summed E-state index contributed by atoms with van der Waals surface area (Å²) in [5, 5.41) is 0. The fourth-order valence-electron chi connectivity index (χ4n) is 1.74. The number of hydrogen-bond donors (Lipinski definition) is 1. The van der Waals surface area contributed by atoms with E-state index in [-0.39, 0.29) is 0 Å². The number of rotatable bonds is 6. The molecule has 0 fully saturated rings. The Balaban J connectivity index is 1.95. The van der Waals surface area contributed by atoms with Crippen LogP contribution in [0, 0.1) is 0 Å². The third kappa shape index (κ3) is 3.22. The highest BCUT2D eigenvalue weighted by molar-refractivity contribution is 5.07. The summed E-state index contributed by atoms with van der Waals surface area (Å²) in [6, 6.07) is 7.79. The maximum absolute atomic E-state index is 5.59. The molecule has 0 radical (unpaired) electrons. The van der Waals surface area contributed by atoms with E-state index < -0.39 is 0 Å². The monoisotopic (exact) mass is 234 g/mol. The summed E-state index contributed by atoms with van der Waals surface area (Å²) in [4.78, 5) is 2.25. The summed E-state index contributed by atoms with van der Waals surface area (Å²) in [6.07, 6.45) is 1.70. The molecule has 0 saturated heterocycles. The van der Waals surface area contributed by atoms with Crippen LogP contribution >= 0.6 is 0 Å². The van der Waals surface area contributed by atoms with Gasteiger partial charge in [0.1, 0.15) is 17.3 Å². The van der Waals surface area contributed by atoms with Gasteiger partial charge in [-0.2, -0.15) is 0 Å². The van der Waals surface area contributed by atoms with E-state index in [0.29, 0.717) is 6.54 Å².